The molecule has 96 valence electrons. The summed E-state index contributed by atoms with van der Waals surface area (Å²) in [6.45, 7) is 2.72. The summed E-state index contributed by atoms with van der Waals surface area (Å²) in [4.78, 5) is 4.35. The lowest BCUT2D eigenvalue weighted by molar-refractivity contribution is 0.768. The number of hydrogen-bond acceptors (Lipinski definition) is 4. The minimum atomic E-state index is 0.747. The Morgan fingerprint density at radius 3 is 2.95 bits per heavy atom. The molecule has 5 nitrogen and oxygen atoms in total. The predicted molar refractivity (Wildman–Crippen MR) is 74.2 cm³/mol. The minimum Gasteiger partial charge on any atom is -0.316 e. The van der Waals surface area contributed by atoms with Gasteiger partial charge < -0.3 is 5.32 Å². The van der Waals surface area contributed by atoms with Gasteiger partial charge in [-0.15, -0.1) is 5.10 Å². The van der Waals surface area contributed by atoms with Gasteiger partial charge in [0.25, 0.3) is 0 Å². The van der Waals surface area contributed by atoms with E-state index in [4.69, 9.17) is 0 Å². The van der Waals surface area contributed by atoms with Gasteiger partial charge in [-0.05, 0) is 32.2 Å². The van der Waals surface area contributed by atoms with Crippen molar-refractivity contribution in [3.8, 4) is 5.69 Å². The Morgan fingerprint density at radius 2 is 2.11 bits per heavy atom. The fourth-order valence-corrected chi connectivity index (χ4v) is 2.14. The molecule has 1 N–H and O–H groups in total. The maximum absolute atomic E-state index is 4.35. The third-order valence-electron chi connectivity index (χ3n) is 3.05. The van der Waals surface area contributed by atoms with E-state index in [0.717, 1.165) is 34.5 Å². The fraction of sp³-hybridized carbons (Fsp3) is 0.214. The minimum absolute atomic E-state index is 0.747. The van der Waals surface area contributed by atoms with Gasteiger partial charge in [0, 0.05) is 24.0 Å². The van der Waals surface area contributed by atoms with E-state index in [1.807, 2.05) is 55.2 Å². The maximum Gasteiger partial charge on any atom is 0.113 e. The van der Waals surface area contributed by atoms with Gasteiger partial charge in [0.15, 0.2) is 0 Å². The smallest absolute Gasteiger partial charge is 0.113 e. The van der Waals surface area contributed by atoms with E-state index in [1.165, 1.54) is 0 Å². The summed E-state index contributed by atoms with van der Waals surface area (Å²) >= 11 is 0. The van der Waals surface area contributed by atoms with E-state index in [1.54, 1.807) is 0 Å². The van der Waals surface area contributed by atoms with Crippen molar-refractivity contribution >= 4 is 11.0 Å². The molecule has 5 heteroatoms. The lowest BCUT2D eigenvalue weighted by Gasteiger charge is -2.10. The van der Waals surface area contributed by atoms with Crippen LogP contribution in [0.15, 0.2) is 36.5 Å². The van der Waals surface area contributed by atoms with Crippen molar-refractivity contribution in [1.82, 2.24) is 25.3 Å². The standard InChI is InChI=1S/C14H15N5/c1-10-7-14(11(8-15-2)9-16-10)19-13-6-4-3-5-12(13)17-18-19/h3-7,9,15H,8H2,1-2H3. The van der Waals surface area contributed by atoms with Crippen LogP contribution < -0.4 is 5.32 Å². The van der Waals surface area contributed by atoms with Crippen LogP contribution in [0.4, 0.5) is 0 Å². The highest BCUT2D eigenvalue weighted by molar-refractivity contribution is 5.76. The van der Waals surface area contributed by atoms with Crippen LogP contribution in [0.1, 0.15) is 11.3 Å². The van der Waals surface area contributed by atoms with E-state index in [9.17, 15) is 0 Å². The summed E-state index contributed by atoms with van der Waals surface area (Å²) in [5, 5.41) is 11.6. The molecule has 2 aromatic heterocycles. The van der Waals surface area contributed by atoms with Crippen LogP contribution in [0.5, 0.6) is 0 Å². The number of nitrogens with zero attached hydrogens (tertiary/aromatic N) is 4. The van der Waals surface area contributed by atoms with E-state index in [2.05, 4.69) is 20.6 Å². The molecule has 0 amide bonds. The molecule has 0 saturated carbocycles. The predicted octanol–water partition coefficient (Wildman–Crippen LogP) is 1.84. The number of para-hydroxylation sites is 1. The van der Waals surface area contributed by atoms with Gasteiger partial charge in [0.1, 0.15) is 5.52 Å². The van der Waals surface area contributed by atoms with Crippen LogP contribution in [0.3, 0.4) is 0 Å². The third-order valence-corrected chi connectivity index (χ3v) is 3.05. The second-order valence-electron chi connectivity index (χ2n) is 4.47. The van der Waals surface area contributed by atoms with Gasteiger partial charge in [-0.3, -0.25) is 4.98 Å². The SMILES string of the molecule is CNCc1cnc(C)cc1-n1nnc2ccccc21. The maximum atomic E-state index is 4.35. The van der Waals surface area contributed by atoms with Crippen LogP contribution in [-0.4, -0.2) is 27.0 Å². The molecule has 0 aliphatic carbocycles. The Kier molecular flexibility index (Phi) is 2.97. The molecule has 2 heterocycles. The molecule has 3 aromatic rings. The van der Waals surface area contributed by atoms with Crippen molar-refractivity contribution < 1.29 is 0 Å². The first-order chi connectivity index (χ1) is 9.29. The molecule has 0 aliphatic heterocycles. The number of aryl methyl sites for hydroxylation is 1. The molecule has 0 atom stereocenters. The van der Waals surface area contributed by atoms with Crippen molar-refractivity contribution in [2.75, 3.05) is 7.05 Å². The number of rotatable bonds is 3. The van der Waals surface area contributed by atoms with Crippen molar-refractivity contribution in [1.29, 1.82) is 0 Å². The first-order valence-electron chi connectivity index (χ1n) is 6.20. The average molecular weight is 253 g/mol. The number of aromatic nitrogens is 4. The molecule has 0 radical (unpaired) electrons. The van der Waals surface area contributed by atoms with Crippen molar-refractivity contribution in [2.45, 2.75) is 13.5 Å². The Hall–Kier alpha value is -2.27. The zero-order chi connectivity index (χ0) is 13.2. The Balaban J connectivity index is 2.23. The Morgan fingerprint density at radius 1 is 1.26 bits per heavy atom. The fourth-order valence-electron chi connectivity index (χ4n) is 2.14. The highest BCUT2D eigenvalue weighted by Crippen LogP contribution is 2.19. The Labute approximate surface area is 111 Å². The number of pyridine rings is 1. The van der Waals surface area contributed by atoms with Crippen LogP contribution >= 0.6 is 0 Å². The summed E-state index contributed by atoms with van der Waals surface area (Å²) in [5.41, 5.74) is 4.99. The molecule has 1 aromatic carbocycles. The first kappa shape index (κ1) is 11.8. The molecule has 19 heavy (non-hydrogen) atoms. The van der Waals surface area contributed by atoms with Crippen LogP contribution in [0.2, 0.25) is 0 Å². The average Bonchev–Trinajstić information content (AvgIpc) is 2.85. The number of nitrogens with one attached hydrogen (secondary N) is 1. The van der Waals surface area contributed by atoms with Gasteiger partial charge in [-0.25, -0.2) is 4.68 Å². The number of fused-ring (bicyclic) bond motifs is 1. The van der Waals surface area contributed by atoms with Crippen LogP contribution in [-0.2, 0) is 6.54 Å². The van der Waals surface area contributed by atoms with Gasteiger partial charge >= 0.3 is 0 Å². The van der Waals surface area contributed by atoms with Gasteiger partial charge in [0.05, 0.1) is 11.2 Å². The summed E-state index contributed by atoms with van der Waals surface area (Å²) in [7, 11) is 1.92. The Bertz CT molecular complexity index is 717. The molecule has 0 aliphatic rings. The molecule has 0 saturated heterocycles. The van der Waals surface area contributed by atoms with Gasteiger partial charge in [-0.1, -0.05) is 17.3 Å². The molecular formula is C14H15N5. The molecule has 0 fully saturated rings. The quantitative estimate of drug-likeness (QED) is 0.774. The second kappa shape index (κ2) is 4.78. The monoisotopic (exact) mass is 253 g/mol. The van der Waals surface area contributed by atoms with E-state index < -0.39 is 0 Å². The van der Waals surface area contributed by atoms with Gasteiger partial charge in [-0.2, -0.15) is 0 Å². The lowest BCUT2D eigenvalue weighted by Crippen LogP contribution is -2.11. The highest BCUT2D eigenvalue weighted by Gasteiger charge is 2.10. The largest absolute Gasteiger partial charge is 0.316 e. The highest BCUT2D eigenvalue weighted by atomic mass is 15.4. The summed E-state index contributed by atoms with van der Waals surface area (Å²) in [5.74, 6) is 0. The van der Waals surface area contributed by atoms with Crippen molar-refractivity contribution in [3.05, 3.63) is 47.8 Å². The normalized spacial score (nSPS) is 11.1. The van der Waals surface area contributed by atoms with Crippen LogP contribution in [0.25, 0.3) is 16.7 Å². The van der Waals surface area contributed by atoms with Crippen molar-refractivity contribution in [3.63, 3.8) is 0 Å². The molecule has 3 rings (SSSR count). The van der Waals surface area contributed by atoms with E-state index >= 15 is 0 Å². The zero-order valence-electron chi connectivity index (χ0n) is 11.0. The van der Waals surface area contributed by atoms with E-state index in [-0.39, 0.29) is 0 Å². The summed E-state index contributed by atoms with van der Waals surface area (Å²) in [6.07, 6.45) is 1.89. The molecule has 0 bridgehead atoms. The molecular weight excluding hydrogens is 238 g/mol. The van der Waals surface area contributed by atoms with Crippen molar-refractivity contribution in [2.24, 2.45) is 0 Å². The zero-order valence-corrected chi connectivity index (χ0v) is 11.0. The molecule has 0 unspecified atom stereocenters. The second-order valence-corrected chi connectivity index (χ2v) is 4.47. The summed E-state index contributed by atoms with van der Waals surface area (Å²) in [6, 6.07) is 9.98. The topological polar surface area (TPSA) is 55.6 Å². The van der Waals surface area contributed by atoms with Gasteiger partial charge in [0.2, 0.25) is 0 Å². The number of benzene rings is 1. The molecule has 0 spiro atoms. The number of hydrogen-bond donors (Lipinski definition) is 1. The van der Waals surface area contributed by atoms with E-state index in [0.29, 0.717) is 0 Å². The van der Waals surface area contributed by atoms with Crippen LogP contribution in [0, 0.1) is 6.92 Å². The summed E-state index contributed by atoms with van der Waals surface area (Å²) < 4.78 is 1.87. The lowest BCUT2D eigenvalue weighted by atomic mass is 10.2. The third kappa shape index (κ3) is 2.08. The first-order valence-corrected chi connectivity index (χ1v) is 6.20.